The Labute approximate surface area is 164 Å². The molecule has 0 aliphatic carbocycles. The molecule has 0 saturated heterocycles. The summed E-state index contributed by atoms with van der Waals surface area (Å²) in [6.07, 6.45) is 0. The number of sulfonamides is 1. The number of benzene rings is 2. The molecular weight excluding hydrogens is 380 g/mol. The standard InChI is InChI=1S/C19H22N4O2S2/c1-3-27(24,25)20-13-18-21-22-19(26-14-16-7-5-4-6-8-16)23(18)17-11-9-15(2)10-12-17/h4-12,20H,3,13-14H2,1-2H3. The molecule has 27 heavy (non-hydrogen) atoms. The van der Waals surface area contributed by atoms with Crippen molar-refractivity contribution in [3.8, 4) is 5.69 Å². The van der Waals surface area contributed by atoms with E-state index in [4.69, 9.17) is 0 Å². The Kier molecular flexibility index (Phi) is 6.30. The van der Waals surface area contributed by atoms with Crippen molar-refractivity contribution in [2.75, 3.05) is 5.75 Å². The zero-order chi connectivity index (χ0) is 19.3. The third kappa shape index (κ3) is 5.18. The fourth-order valence-electron chi connectivity index (χ4n) is 2.46. The summed E-state index contributed by atoms with van der Waals surface area (Å²) < 4.78 is 28.1. The molecule has 6 nitrogen and oxygen atoms in total. The molecule has 1 N–H and O–H groups in total. The number of aryl methyl sites for hydroxylation is 1. The third-order valence-corrected chi connectivity index (χ3v) is 6.38. The maximum absolute atomic E-state index is 11.8. The average molecular weight is 403 g/mol. The summed E-state index contributed by atoms with van der Waals surface area (Å²) in [5.74, 6) is 1.35. The number of nitrogens with one attached hydrogen (secondary N) is 1. The summed E-state index contributed by atoms with van der Waals surface area (Å²) in [7, 11) is -3.31. The van der Waals surface area contributed by atoms with E-state index in [0.717, 1.165) is 22.2 Å². The van der Waals surface area contributed by atoms with Gasteiger partial charge in [-0.1, -0.05) is 59.8 Å². The molecule has 0 fully saturated rings. The Morgan fingerprint density at radius 2 is 1.74 bits per heavy atom. The molecule has 0 amide bonds. The molecule has 0 spiro atoms. The number of nitrogens with zero attached hydrogens (tertiary/aromatic N) is 3. The first-order valence-corrected chi connectivity index (χ1v) is 11.3. The molecule has 0 aliphatic rings. The highest BCUT2D eigenvalue weighted by atomic mass is 32.2. The van der Waals surface area contributed by atoms with Crippen LogP contribution in [0.5, 0.6) is 0 Å². The Morgan fingerprint density at radius 1 is 1.04 bits per heavy atom. The van der Waals surface area contributed by atoms with Crippen molar-refractivity contribution in [3.63, 3.8) is 0 Å². The van der Waals surface area contributed by atoms with E-state index in [2.05, 4.69) is 27.1 Å². The van der Waals surface area contributed by atoms with Crippen molar-refractivity contribution in [2.45, 2.75) is 31.3 Å². The van der Waals surface area contributed by atoms with Crippen LogP contribution in [0.25, 0.3) is 5.69 Å². The van der Waals surface area contributed by atoms with Crippen molar-refractivity contribution in [2.24, 2.45) is 0 Å². The maximum Gasteiger partial charge on any atom is 0.211 e. The van der Waals surface area contributed by atoms with Gasteiger partial charge in [0.25, 0.3) is 0 Å². The second-order valence-corrected chi connectivity index (χ2v) is 9.11. The second-order valence-electron chi connectivity index (χ2n) is 6.07. The van der Waals surface area contributed by atoms with Crippen molar-refractivity contribution in [3.05, 3.63) is 71.5 Å². The first-order chi connectivity index (χ1) is 13.0. The van der Waals surface area contributed by atoms with Gasteiger partial charge >= 0.3 is 0 Å². The number of rotatable bonds is 8. The molecule has 0 aliphatic heterocycles. The molecule has 0 unspecified atom stereocenters. The van der Waals surface area contributed by atoms with Gasteiger partial charge in [0, 0.05) is 11.4 Å². The van der Waals surface area contributed by atoms with Gasteiger partial charge in [0.15, 0.2) is 11.0 Å². The Bertz CT molecular complexity index is 984. The predicted octanol–water partition coefficient (Wildman–Crippen LogP) is 3.31. The van der Waals surface area contributed by atoms with E-state index in [1.54, 1.807) is 18.7 Å². The molecule has 3 rings (SSSR count). The molecule has 3 aromatic rings. The fraction of sp³-hybridized carbons (Fsp3) is 0.263. The van der Waals surface area contributed by atoms with Gasteiger partial charge in [0.2, 0.25) is 10.0 Å². The molecule has 0 saturated carbocycles. The SMILES string of the molecule is CCS(=O)(=O)NCc1nnc(SCc2ccccc2)n1-c1ccc(C)cc1. The lowest BCUT2D eigenvalue weighted by Gasteiger charge is -2.11. The first kappa shape index (κ1) is 19.6. The van der Waals surface area contributed by atoms with Crippen LogP contribution < -0.4 is 4.72 Å². The molecule has 0 atom stereocenters. The average Bonchev–Trinajstić information content (AvgIpc) is 3.09. The summed E-state index contributed by atoms with van der Waals surface area (Å²) >= 11 is 1.57. The maximum atomic E-state index is 11.8. The Morgan fingerprint density at radius 3 is 2.41 bits per heavy atom. The molecule has 8 heteroatoms. The van der Waals surface area contributed by atoms with Crippen LogP contribution in [0.4, 0.5) is 0 Å². The quantitative estimate of drug-likeness (QED) is 0.585. The largest absolute Gasteiger partial charge is 0.273 e. The van der Waals surface area contributed by atoms with Gasteiger partial charge in [0.1, 0.15) is 0 Å². The minimum atomic E-state index is -3.31. The van der Waals surface area contributed by atoms with Crippen LogP contribution in [0.3, 0.4) is 0 Å². The summed E-state index contributed by atoms with van der Waals surface area (Å²) in [6.45, 7) is 3.73. The van der Waals surface area contributed by atoms with Crippen molar-refractivity contribution < 1.29 is 8.42 Å². The number of aromatic nitrogens is 3. The highest BCUT2D eigenvalue weighted by molar-refractivity contribution is 7.98. The van der Waals surface area contributed by atoms with Gasteiger partial charge in [-0.25, -0.2) is 13.1 Å². The second kappa shape index (κ2) is 8.69. The molecular formula is C19H22N4O2S2. The Balaban J connectivity index is 1.89. The van der Waals surface area contributed by atoms with Crippen molar-refractivity contribution in [1.29, 1.82) is 0 Å². The van der Waals surface area contributed by atoms with E-state index < -0.39 is 10.0 Å². The summed E-state index contributed by atoms with van der Waals surface area (Å²) in [4.78, 5) is 0. The van der Waals surface area contributed by atoms with Crippen LogP contribution >= 0.6 is 11.8 Å². The lowest BCUT2D eigenvalue weighted by Crippen LogP contribution is -2.26. The van der Waals surface area contributed by atoms with Crippen LogP contribution in [0.15, 0.2) is 59.8 Å². The van der Waals surface area contributed by atoms with Gasteiger partial charge in [-0.3, -0.25) is 4.57 Å². The van der Waals surface area contributed by atoms with Crippen LogP contribution in [-0.2, 0) is 22.3 Å². The van der Waals surface area contributed by atoms with E-state index in [1.807, 2.05) is 54.0 Å². The Hall–Kier alpha value is -2.16. The lowest BCUT2D eigenvalue weighted by molar-refractivity contribution is 0.579. The highest BCUT2D eigenvalue weighted by Crippen LogP contribution is 2.25. The van der Waals surface area contributed by atoms with E-state index in [1.165, 1.54) is 5.56 Å². The van der Waals surface area contributed by atoms with E-state index in [0.29, 0.717) is 5.82 Å². The molecule has 142 valence electrons. The van der Waals surface area contributed by atoms with Crippen molar-refractivity contribution >= 4 is 21.8 Å². The summed E-state index contributed by atoms with van der Waals surface area (Å²) in [5, 5.41) is 9.26. The fourth-order valence-corrected chi connectivity index (χ4v) is 3.94. The minimum absolute atomic E-state index is 0.0291. The summed E-state index contributed by atoms with van der Waals surface area (Å²) in [6, 6.07) is 18.1. The lowest BCUT2D eigenvalue weighted by atomic mass is 10.2. The molecule has 1 aromatic heterocycles. The van der Waals surface area contributed by atoms with Gasteiger partial charge in [0.05, 0.1) is 12.3 Å². The smallest absolute Gasteiger partial charge is 0.211 e. The van der Waals surface area contributed by atoms with Crippen LogP contribution in [0.2, 0.25) is 0 Å². The highest BCUT2D eigenvalue weighted by Gasteiger charge is 2.16. The number of hydrogen-bond donors (Lipinski definition) is 1. The zero-order valence-electron chi connectivity index (χ0n) is 15.3. The van der Waals surface area contributed by atoms with Crippen LogP contribution in [0, 0.1) is 6.92 Å². The third-order valence-electron chi connectivity index (χ3n) is 4.03. The van der Waals surface area contributed by atoms with Gasteiger partial charge in [-0.2, -0.15) is 0 Å². The summed E-state index contributed by atoms with van der Waals surface area (Å²) in [5.41, 5.74) is 3.25. The normalized spacial score (nSPS) is 11.6. The number of hydrogen-bond acceptors (Lipinski definition) is 5. The molecule has 0 radical (unpaired) electrons. The minimum Gasteiger partial charge on any atom is -0.273 e. The van der Waals surface area contributed by atoms with E-state index in [9.17, 15) is 8.42 Å². The van der Waals surface area contributed by atoms with Crippen LogP contribution in [0.1, 0.15) is 23.9 Å². The van der Waals surface area contributed by atoms with E-state index in [-0.39, 0.29) is 12.3 Å². The molecule has 2 aromatic carbocycles. The number of thioether (sulfide) groups is 1. The van der Waals surface area contributed by atoms with Gasteiger partial charge in [-0.15, -0.1) is 10.2 Å². The van der Waals surface area contributed by atoms with Gasteiger partial charge in [-0.05, 0) is 31.5 Å². The molecule has 1 heterocycles. The van der Waals surface area contributed by atoms with Crippen molar-refractivity contribution in [1.82, 2.24) is 19.5 Å². The first-order valence-electron chi connectivity index (χ1n) is 8.64. The zero-order valence-corrected chi connectivity index (χ0v) is 16.9. The van der Waals surface area contributed by atoms with Crippen LogP contribution in [-0.4, -0.2) is 28.9 Å². The van der Waals surface area contributed by atoms with Gasteiger partial charge < -0.3 is 0 Å². The topological polar surface area (TPSA) is 76.9 Å². The monoisotopic (exact) mass is 402 g/mol. The molecule has 0 bridgehead atoms. The van der Waals surface area contributed by atoms with E-state index >= 15 is 0 Å². The predicted molar refractivity (Wildman–Crippen MR) is 108 cm³/mol.